The predicted octanol–water partition coefficient (Wildman–Crippen LogP) is 1.11. The summed E-state index contributed by atoms with van der Waals surface area (Å²) in [5.74, 6) is 0.556. The first-order chi connectivity index (χ1) is 10.9. The van der Waals surface area contributed by atoms with Crippen LogP contribution >= 0.6 is 0 Å². The summed E-state index contributed by atoms with van der Waals surface area (Å²) in [6.45, 7) is 4.53. The highest BCUT2D eigenvalue weighted by molar-refractivity contribution is 7.90. The maximum Gasteiger partial charge on any atom is 0.216 e. The van der Waals surface area contributed by atoms with E-state index in [9.17, 15) is 13.7 Å². The van der Waals surface area contributed by atoms with Crippen molar-refractivity contribution < 1.29 is 8.42 Å². The first-order valence-corrected chi connectivity index (χ1v) is 9.10. The second-order valence-corrected chi connectivity index (χ2v) is 7.99. The highest BCUT2D eigenvalue weighted by Gasteiger charge is 2.35. The molecule has 3 rings (SSSR count). The number of imidazole rings is 1. The number of hydrogen-bond donors (Lipinski definition) is 1. The summed E-state index contributed by atoms with van der Waals surface area (Å²) in [5.41, 5.74) is 1.13. The Bertz CT molecular complexity index is 866. The van der Waals surface area contributed by atoms with Crippen LogP contribution in [0.15, 0.2) is 24.4 Å². The van der Waals surface area contributed by atoms with E-state index in [-0.39, 0.29) is 6.04 Å². The van der Waals surface area contributed by atoms with Gasteiger partial charge in [0.1, 0.15) is 11.7 Å². The van der Waals surface area contributed by atoms with E-state index in [0.717, 1.165) is 0 Å². The van der Waals surface area contributed by atoms with Crippen LogP contribution in [0.3, 0.4) is 0 Å². The quantitative estimate of drug-likeness (QED) is 0.905. The van der Waals surface area contributed by atoms with E-state index in [1.807, 2.05) is 23.1 Å². The van der Waals surface area contributed by atoms with Crippen LogP contribution < -0.4 is 9.62 Å². The fourth-order valence-corrected chi connectivity index (χ4v) is 4.55. The molecule has 0 aliphatic carbocycles. The normalized spacial score (nSPS) is 18.7. The molecule has 0 saturated carbocycles. The fraction of sp³-hybridized carbons (Fsp3) is 0.467. The number of nitriles is 1. The van der Waals surface area contributed by atoms with Crippen LogP contribution in [0, 0.1) is 11.3 Å². The van der Waals surface area contributed by atoms with Gasteiger partial charge in [0.05, 0.1) is 5.25 Å². The van der Waals surface area contributed by atoms with E-state index in [2.05, 4.69) is 15.8 Å². The molecule has 1 saturated heterocycles. The third kappa shape index (κ3) is 2.90. The number of pyridine rings is 1. The molecule has 2 aromatic rings. The van der Waals surface area contributed by atoms with Crippen LogP contribution in [0.2, 0.25) is 0 Å². The molecule has 0 radical (unpaired) electrons. The van der Waals surface area contributed by atoms with Crippen molar-refractivity contribution >= 4 is 21.5 Å². The van der Waals surface area contributed by atoms with E-state index < -0.39 is 15.3 Å². The van der Waals surface area contributed by atoms with Crippen molar-refractivity contribution in [1.29, 1.82) is 5.26 Å². The van der Waals surface area contributed by atoms with Gasteiger partial charge in [0.15, 0.2) is 11.5 Å². The Morgan fingerprint density at radius 1 is 1.43 bits per heavy atom. The molecule has 1 fully saturated rings. The van der Waals surface area contributed by atoms with Crippen LogP contribution in [0.4, 0.5) is 5.82 Å². The van der Waals surface area contributed by atoms with Gasteiger partial charge < -0.3 is 4.90 Å². The van der Waals surface area contributed by atoms with Crippen LogP contribution in [0.5, 0.6) is 0 Å². The van der Waals surface area contributed by atoms with Gasteiger partial charge in [-0.1, -0.05) is 6.07 Å². The molecule has 1 atom stereocenters. The average molecular weight is 333 g/mol. The van der Waals surface area contributed by atoms with Crippen LogP contribution in [-0.2, 0) is 10.0 Å². The second kappa shape index (κ2) is 5.83. The first-order valence-electron chi connectivity index (χ1n) is 7.55. The zero-order chi connectivity index (χ0) is 16.6. The van der Waals surface area contributed by atoms with Crippen LogP contribution in [0.1, 0.15) is 26.0 Å². The minimum Gasteiger partial charge on any atom is -0.353 e. The Labute approximate surface area is 135 Å². The van der Waals surface area contributed by atoms with Gasteiger partial charge in [-0.25, -0.2) is 18.1 Å². The molecule has 1 unspecified atom stereocenters. The number of nitrogens with one attached hydrogen (secondary N) is 1. The van der Waals surface area contributed by atoms with Crippen molar-refractivity contribution in [2.24, 2.45) is 0 Å². The number of anilines is 1. The van der Waals surface area contributed by atoms with E-state index in [4.69, 9.17) is 0 Å². The Hall–Kier alpha value is -2.11. The molecule has 3 heterocycles. The van der Waals surface area contributed by atoms with Gasteiger partial charge in [-0.2, -0.15) is 5.26 Å². The molecule has 0 spiro atoms. The van der Waals surface area contributed by atoms with Gasteiger partial charge in [0.25, 0.3) is 0 Å². The zero-order valence-corrected chi connectivity index (χ0v) is 13.9. The number of aromatic nitrogens is 2. The summed E-state index contributed by atoms with van der Waals surface area (Å²) < 4.78 is 29.0. The minimum absolute atomic E-state index is 0.126. The van der Waals surface area contributed by atoms with Crippen molar-refractivity contribution in [3.05, 3.63) is 30.1 Å². The molecule has 7 nitrogen and oxygen atoms in total. The number of fused-ring (bicyclic) bond motifs is 1. The van der Waals surface area contributed by atoms with Gasteiger partial charge in [-0.05, 0) is 32.4 Å². The lowest BCUT2D eigenvalue weighted by molar-refractivity contribution is 0.557. The predicted molar refractivity (Wildman–Crippen MR) is 87.7 cm³/mol. The summed E-state index contributed by atoms with van der Waals surface area (Å²) in [5, 5.41) is 8.96. The Morgan fingerprint density at radius 2 is 2.22 bits per heavy atom. The van der Waals surface area contributed by atoms with Gasteiger partial charge in [0.2, 0.25) is 10.0 Å². The maximum atomic E-state index is 12.3. The summed E-state index contributed by atoms with van der Waals surface area (Å²) in [6, 6.07) is 7.57. The van der Waals surface area contributed by atoms with Crippen molar-refractivity contribution in [2.45, 2.75) is 31.6 Å². The Balaban J connectivity index is 1.89. The number of sulfonamides is 1. The summed E-state index contributed by atoms with van der Waals surface area (Å²) in [4.78, 5) is 6.38. The lowest BCUT2D eigenvalue weighted by Gasteiger charge is -2.17. The molecule has 2 aromatic heterocycles. The van der Waals surface area contributed by atoms with Gasteiger partial charge in [0, 0.05) is 25.3 Å². The Morgan fingerprint density at radius 3 is 2.91 bits per heavy atom. The van der Waals surface area contributed by atoms with E-state index in [0.29, 0.717) is 36.7 Å². The van der Waals surface area contributed by atoms with Gasteiger partial charge in [-0.15, -0.1) is 0 Å². The second-order valence-electron chi connectivity index (χ2n) is 6.00. The molecule has 0 aromatic carbocycles. The molecule has 1 N–H and O–H groups in total. The number of hydrogen-bond acceptors (Lipinski definition) is 5. The highest BCUT2D eigenvalue weighted by atomic mass is 32.2. The third-order valence-electron chi connectivity index (χ3n) is 3.90. The molecule has 8 heteroatoms. The largest absolute Gasteiger partial charge is 0.353 e. The van der Waals surface area contributed by atoms with Crippen LogP contribution in [0.25, 0.3) is 5.65 Å². The van der Waals surface area contributed by atoms with Gasteiger partial charge >= 0.3 is 0 Å². The van der Waals surface area contributed by atoms with E-state index in [1.165, 1.54) is 0 Å². The lowest BCUT2D eigenvalue weighted by Crippen LogP contribution is -2.39. The molecular weight excluding hydrogens is 314 g/mol. The lowest BCUT2D eigenvalue weighted by atomic mass is 10.4. The Kier molecular flexibility index (Phi) is 4.00. The van der Waals surface area contributed by atoms with Crippen LogP contribution in [-0.4, -0.2) is 42.2 Å². The van der Waals surface area contributed by atoms with Crippen molar-refractivity contribution in [3.8, 4) is 6.07 Å². The summed E-state index contributed by atoms with van der Waals surface area (Å²) >= 11 is 0. The van der Waals surface area contributed by atoms with Gasteiger partial charge in [-0.3, -0.25) is 4.40 Å². The monoisotopic (exact) mass is 333 g/mol. The summed E-state index contributed by atoms with van der Waals surface area (Å²) in [7, 11) is -3.36. The van der Waals surface area contributed by atoms with Crippen molar-refractivity contribution in [1.82, 2.24) is 14.1 Å². The topological polar surface area (TPSA) is 90.5 Å². The average Bonchev–Trinajstić information content (AvgIpc) is 3.10. The standard InChI is InChI=1S/C15H19N5O2S/c1-11(2)18-23(21,22)12-6-8-19(10-12)15-13(9-16)20-7-4-3-5-14(20)17-15/h3-5,7,11-12,18H,6,8,10H2,1-2H3. The molecule has 0 amide bonds. The third-order valence-corrected chi connectivity index (χ3v) is 5.96. The summed E-state index contributed by atoms with van der Waals surface area (Å²) in [6.07, 6.45) is 2.32. The number of nitrogens with zero attached hydrogens (tertiary/aromatic N) is 4. The van der Waals surface area contributed by atoms with E-state index in [1.54, 1.807) is 24.4 Å². The minimum atomic E-state index is -3.36. The number of rotatable bonds is 4. The van der Waals surface area contributed by atoms with Crippen molar-refractivity contribution in [2.75, 3.05) is 18.0 Å². The van der Waals surface area contributed by atoms with E-state index >= 15 is 0 Å². The fourth-order valence-electron chi connectivity index (χ4n) is 2.91. The smallest absolute Gasteiger partial charge is 0.216 e. The molecule has 23 heavy (non-hydrogen) atoms. The first kappa shape index (κ1) is 15.8. The molecular formula is C15H19N5O2S. The molecule has 0 bridgehead atoms. The molecule has 1 aliphatic heterocycles. The maximum absolute atomic E-state index is 12.3. The molecule has 122 valence electrons. The van der Waals surface area contributed by atoms with Crippen molar-refractivity contribution in [3.63, 3.8) is 0 Å². The zero-order valence-electron chi connectivity index (χ0n) is 13.1. The SMILES string of the molecule is CC(C)NS(=O)(=O)C1CCN(c2nc3ccccn3c2C#N)C1. The molecule has 1 aliphatic rings. The highest BCUT2D eigenvalue weighted by Crippen LogP contribution is 2.27.